The average molecular weight is 512 g/mol. The molecule has 1 unspecified atom stereocenters. The lowest BCUT2D eigenvalue weighted by atomic mass is 9.82. The quantitative estimate of drug-likeness (QED) is 0.318. The van der Waals surface area contributed by atoms with Crippen molar-refractivity contribution in [2.24, 2.45) is 5.92 Å². The molecule has 1 atom stereocenters. The molecule has 2 nitrogen and oxygen atoms in total. The summed E-state index contributed by atoms with van der Waals surface area (Å²) in [5, 5.41) is 5.42. The Labute approximate surface area is 222 Å². The zero-order valence-electron chi connectivity index (χ0n) is 19.8. The molecule has 3 aromatic carbocycles. The van der Waals surface area contributed by atoms with Crippen molar-refractivity contribution in [2.75, 3.05) is 0 Å². The number of nitrogens with one attached hydrogen (secondary N) is 1. The monoisotopic (exact) mass is 511 g/mol. The van der Waals surface area contributed by atoms with Crippen molar-refractivity contribution in [3.63, 3.8) is 0 Å². The Morgan fingerprint density at radius 3 is 2.44 bits per heavy atom. The van der Waals surface area contributed by atoms with Crippen LogP contribution in [0.3, 0.4) is 0 Å². The van der Waals surface area contributed by atoms with Crippen LogP contribution in [0.1, 0.15) is 38.3 Å². The van der Waals surface area contributed by atoms with Gasteiger partial charge in [-0.1, -0.05) is 78.9 Å². The van der Waals surface area contributed by atoms with E-state index in [4.69, 9.17) is 23.2 Å². The number of benzene rings is 3. The van der Waals surface area contributed by atoms with Crippen LogP contribution < -0.4 is 15.8 Å². The largest absolute Gasteiger partial charge is 0.368 e. The molecule has 0 saturated heterocycles. The number of hydrogen-bond donors (Lipinski definition) is 1. The highest BCUT2D eigenvalue weighted by atomic mass is 35.5. The SMILES string of the molecule is C1=CC=CNC=C1.O=C(c1cccc(C(Cl)Cl)c1)C1C=c2c(ccc3c2=CCc2ccccc2-3)CC1. The van der Waals surface area contributed by atoms with Gasteiger partial charge in [0.15, 0.2) is 5.78 Å². The Hall–Kier alpha value is -3.33. The number of fused-ring (bicyclic) bond motifs is 5. The van der Waals surface area contributed by atoms with E-state index in [1.54, 1.807) is 0 Å². The normalized spacial score (nSPS) is 16.7. The van der Waals surface area contributed by atoms with E-state index in [1.165, 1.54) is 32.7 Å². The summed E-state index contributed by atoms with van der Waals surface area (Å²) in [5.74, 6) is 0.0132. The molecule has 1 heterocycles. The van der Waals surface area contributed by atoms with Gasteiger partial charge in [0, 0.05) is 23.9 Å². The molecule has 1 aliphatic heterocycles. The molecule has 0 bridgehead atoms. The molecule has 4 heteroatoms. The van der Waals surface area contributed by atoms with Gasteiger partial charge in [0.05, 0.1) is 0 Å². The fraction of sp³-hybridized carbons (Fsp3) is 0.156. The van der Waals surface area contributed by atoms with E-state index in [1.807, 2.05) is 61.0 Å². The van der Waals surface area contributed by atoms with Gasteiger partial charge in [-0.25, -0.2) is 0 Å². The average Bonchev–Trinajstić information content (AvgIpc) is 3.26. The van der Waals surface area contributed by atoms with Gasteiger partial charge in [0.2, 0.25) is 0 Å². The summed E-state index contributed by atoms with van der Waals surface area (Å²) < 4.78 is 0. The minimum atomic E-state index is -0.625. The summed E-state index contributed by atoms with van der Waals surface area (Å²) in [6.45, 7) is 0. The van der Waals surface area contributed by atoms with Crippen LogP contribution in [0.15, 0.2) is 97.4 Å². The third-order valence-electron chi connectivity index (χ3n) is 6.78. The molecule has 0 amide bonds. The maximum Gasteiger partial charge on any atom is 0.169 e. The lowest BCUT2D eigenvalue weighted by Gasteiger charge is -2.21. The number of halogens is 2. The Morgan fingerprint density at radius 1 is 0.833 bits per heavy atom. The number of allylic oxidation sites excluding steroid dienone is 4. The van der Waals surface area contributed by atoms with Crippen molar-refractivity contribution >= 4 is 41.1 Å². The number of carbonyl (C=O) groups excluding carboxylic acids is 1. The van der Waals surface area contributed by atoms with Crippen molar-refractivity contribution in [3.8, 4) is 11.1 Å². The third kappa shape index (κ3) is 5.26. The number of ketones is 1. The van der Waals surface area contributed by atoms with E-state index in [-0.39, 0.29) is 11.7 Å². The van der Waals surface area contributed by atoms with Crippen LogP contribution in [-0.2, 0) is 12.8 Å². The molecule has 0 aromatic heterocycles. The number of carbonyl (C=O) groups is 1. The van der Waals surface area contributed by atoms with Crippen LogP contribution in [0.25, 0.3) is 23.3 Å². The maximum atomic E-state index is 13.2. The summed E-state index contributed by atoms with van der Waals surface area (Å²) in [4.78, 5) is 12.6. The summed E-state index contributed by atoms with van der Waals surface area (Å²) >= 11 is 12.0. The summed E-state index contributed by atoms with van der Waals surface area (Å²) in [5.41, 5.74) is 6.70. The highest BCUT2D eigenvalue weighted by molar-refractivity contribution is 6.44. The molecule has 6 rings (SSSR count). The van der Waals surface area contributed by atoms with Gasteiger partial charge in [0.25, 0.3) is 0 Å². The summed E-state index contributed by atoms with van der Waals surface area (Å²) in [6, 6.07) is 20.4. The Morgan fingerprint density at radius 2 is 1.64 bits per heavy atom. The van der Waals surface area contributed by atoms with Crippen LogP contribution >= 0.6 is 23.2 Å². The highest BCUT2D eigenvalue weighted by Crippen LogP contribution is 2.28. The summed E-state index contributed by atoms with van der Waals surface area (Å²) in [6.07, 6.45) is 18.7. The van der Waals surface area contributed by atoms with E-state index in [9.17, 15) is 4.79 Å². The second-order valence-electron chi connectivity index (χ2n) is 9.04. The second-order valence-corrected chi connectivity index (χ2v) is 10.1. The first kappa shape index (κ1) is 24.4. The third-order valence-corrected chi connectivity index (χ3v) is 7.29. The topological polar surface area (TPSA) is 29.1 Å². The van der Waals surface area contributed by atoms with Crippen molar-refractivity contribution in [2.45, 2.75) is 24.1 Å². The number of Topliss-reactive ketones (excluding diaryl/α,β-unsaturated/α-hetero) is 1. The molecule has 0 fully saturated rings. The van der Waals surface area contributed by atoms with Crippen LogP contribution in [0.2, 0.25) is 0 Å². The van der Waals surface area contributed by atoms with Crippen LogP contribution in [0.4, 0.5) is 0 Å². The van der Waals surface area contributed by atoms with Crippen LogP contribution in [0.5, 0.6) is 0 Å². The molecule has 0 spiro atoms. The molecule has 2 aliphatic carbocycles. The minimum Gasteiger partial charge on any atom is -0.368 e. The molecule has 3 aromatic rings. The zero-order chi connectivity index (χ0) is 24.9. The highest BCUT2D eigenvalue weighted by Gasteiger charge is 2.23. The Bertz CT molecular complexity index is 1480. The second kappa shape index (κ2) is 11.2. The fourth-order valence-electron chi connectivity index (χ4n) is 4.97. The first-order valence-corrected chi connectivity index (χ1v) is 13.1. The van der Waals surface area contributed by atoms with E-state index in [2.05, 4.69) is 53.9 Å². The molecule has 3 aliphatic rings. The van der Waals surface area contributed by atoms with Gasteiger partial charge >= 0.3 is 0 Å². The lowest BCUT2D eigenvalue weighted by Crippen LogP contribution is -2.37. The van der Waals surface area contributed by atoms with Crippen molar-refractivity contribution in [3.05, 3.63) is 130 Å². The molecular weight excluding hydrogens is 485 g/mol. The lowest BCUT2D eigenvalue weighted by molar-refractivity contribution is 0.0946. The first-order chi connectivity index (χ1) is 17.6. The van der Waals surface area contributed by atoms with Gasteiger partial charge in [0.1, 0.15) is 4.84 Å². The number of aryl methyl sites for hydroxylation is 1. The number of alkyl halides is 2. The van der Waals surface area contributed by atoms with Gasteiger partial charge in [-0.3, -0.25) is 4.79 Å². The van der Waals surface area contributed by atoms with E-state index in [0.29, 0.717) is 5.56 Å². The number of rotatable bonds is 3. The molecule has 1 N–H and O–H groups in total. The smallest absolute Gasteiger partial charge is 0.169 e. The van der Waals surface area contributed by atoms with Crippen molar-refractivity contribution in [1.82, 2.24) is 5.32 Å². The first-order valence-electron chi connectivity index (χ1n) is 12.2. The fourth-order valence-corrected chi connectivity index (χ4v) is 5.25. The predicted octanol–water partition coefficient (Wildman–Crippen LogP) is 6.57. The minimum absolute atomic E-state index is 0.126. The van der Waals surface area contributed by atoms with E-state index < -0.39 is 4.84 Å². The number of hydrogen-bond acceptors (Lipinski definition) is 2. The van der Waals surface area contributed by atoms with E-state index in [0.717, 1.165) is 24.8 Å². The standard InChI is InChI=1S/C26H20Cl2O.C6H7N/c27-26(28)20-6-3-5-18(14-20)25(29)19-9-8-17-11-12-22-21-7-2-1-4-16(21)10-13-23(22)24(17)15-19;1-2-4-6-7-5-3-1/h1-7,11-15,19,26H,8-10H2;1-7H. The Kier molecular flexibility index (Phi) is 7.55. The molecule has 180 valence electrons. The predicted molar refractivity (Wildman–Crippen MR) is 151 cm³/mol. The van der Waals surface area contributed by atoms with Crippen molar-refractivity contribution in [1.29, 1.82) is 0 Å². The van der Waals surface area contributed by atoms with E-state index >= 15 is 0 Å². The molecule has 0 saturated carbocycles. The van der Waals surface area contributed by atoms with Crippen LogP contribution in [-0.4, -0.2) is 5.78 Å². The molecule has 0 radical (unpaired) electrons. The maximum absolute atomic E-state index is 13.2. The summed E-state index contributed by atoms with van der Waals surface area (Å²) in [7, 11) is 0. The van der Waals surface area contributed by atoms with Crippen molar-refractivity contribution < 1.29 is 4.79 Å². The van der Waals surface area contributed by atoms with Crippen LogP contribution in [0, 0.1) is 5.92 Å². The molecule has 36 heavy (non-hydrogen) atoms. The van der Waals surface area contributed by atoms with Gasteiger partial charge in [-0.2, -0.15) is 0 Å². The zero-order valence-corrected chi connectivity index (χ0v) is 21.3. The van der Waals surface area contributed by atoms with Gasteiger partial charge in [-0.15, -0.1) is 23.2 Å². The Balaban J connectivity index is 0.000000330. The van der Waals surface area contributed by atoms with Gasteiger partial charge in [-0.05, 0) is 75.7 Å². The van der Waals surface area contributed by atoms with Gasteiger partial charge < -0.3 is 5.32 Å². The molecular formula is C32H27Cl2NO.